The highest BCUT2D eigenvalue weighted by Gasteiger charge is 2.45. The fraction of sp³-hybridized carbons (Fsp3) is 0.500. The van der Waals surface area contributed by atoms with Gasteiger partial charge in [0.2, 0.25) is 5.91 Å². The Morgan fingerprint density at radius 2 is 2.07 bits per heavy atom. The summed E-state index contributed by atoms with van der Waals surface area (Å²) in [6.45, 7) is 1.76. The minimum absolute atomic E-state index is 0.00237. The lowest BCUT2D eigenvalue weighted by Gasteiger charge is -2.31. The smallest absolute Gasteiger partial charge is 0.406 e. The molecule has 2 N–H and O–H groups in total. The first kappa shape index (κ1) is 17.6. The molecule has 4 rings (SSSR count). The van der Waals surface area contributed by atoms with Gasteiger partial charge in [-0.2, -0.15) is 4.98 Å². The molecule has 2 atom stereocenters. The standard InChI is InChI=1S/C18H20N4O5/c1-10-13(11(23)9-26-10)20-16(24)18(6-2-3-7-18)22-15-14-12(5-4-8-19-14)27-17(25)21-15/h4-5,8,10,13H,2-3,6-7,9H2,1H3,(H,20,24)(H,21,22,25). The third-order valence-corrected chi connectivity index (χ3v) is 5.24. The molecule has 9 nitrogen and oxygen atoms in total. The number of Topliss-reactive ketones (excluding diaryl/α,β-unsaturated/α-hetero) is 1. The Hall–Kier alpha value is -2.81. The molecule has 2 aliphatic rings. The molecule has 27 heavy (non-hydrogen) atoms. The summed E-state index contributed by atoms with van der Waals surface area (Å²) < 4.78 is 10.4. The van der Waals surface area contributed by atoms with Crippen molar-refractivity contribution < 1.29 is 18.7 Å². The molecular formula is C18H20N4O5. The van der Waals surface area contributed by atoms with Crippen LogP contribution in [0, 0.1) is 0 Å². The van der Waals surface area contributed by atoms with Crippen LogP contribution in [0.1, 0.15) is 32.6 Å². The minimum atomic E-state index is -0.964. The summed E-state index contributed by atoms with van der Waals surface area (Å²) in [5.41, 5.74) is -0.292. The number of rotatable bonds is 4. The number of ketones is 1. The average Bonchev–Trinajstić information content (AvgIpc) is 3.24. The van der Waals surface area contributed by atoms with Crippen LogP contribution in [0.2, 0.25) is 0 Å². The van der Waals surface area contributed by atoms with Crippen molar-refractivity contribution in [1.82, 2.24) is 15.3 Å². The third kappa shape index (κ3) is 3.18. The van der Waals surface area contributed by atoms with E-state index in [4.69, 9.17) is 9.15 Å². The van der Waals surface area contributed by atoms with E-state index in [9.17, 15) is 14.4 Å². The molecule has 1 saturated heterocycles. The number of fused-ring (bicyclic) bond motifs is 1. The zero-order valence-electron chi connectivity index (χ0n) is 14.9. The predicted molar refractivity (Wildman–Crippen MR) is 95.2 cm³/mol. The van der Waals surface area contributed by atoms with Crippen molar-refractivity contribution in [2.75, 3.05) is 11.9 Å². The van der Waals surface area contributed by atoms with E-state index >= 15 is 0 Å². The fourth-order valence-electron chi connectivity index (χ4n) is 3.75. The molecule has 3 heterocycles. The van der Waals surface area contributed by atoms with E-state index < -0.39 is 17.3 Å². The molecule has 0 aromatic carbocycles. The molecule has 9 heteroatoms. The summed E-state index contributed by atoms with van der Waals surface area (Å²) in [6.07, 6.45) is 4.00. The molecule has 142 valence electrons. The Morgan fingerprint density at radius 1 is 1.30 bits per heavy atom. The van der Waals surface area contributed by atoms with Crippen LogP contribution < -0.4 is 16.4 Å². The van der Waals surface area contributed by atoms with Gasteiger partial charge in [0.05, 0.1) is 6.10 Å². The van der Waals surface area contributed by atoms with Crippen molar-refractivity contribution in [3.63, 3.8) is 0 Å². The van der Waals surface area contributed by atoms with Crippen molar-refractivity contribution in [3.05, 3.63) is 28.9 Å². The predicted octanol–water partition coefficient (Wildman–Crippen LogP) is 0.780. The largest absolute Gasteiger partial charge is 0.441 e. The minimum Gasteiger partial charge on any atom is -0.406 e. The van der Waals surface area contributed by atoms with Gasteiger partial charge in [-0.1, -0.05) is 12.8 Å². The molecular weight excluding hydrogens is 352 g/mol. The first-order valence-electron chi connectivity index (χ1n) is 8.98. The second kappa shape index (κ2) is 6.73. The number of carbonyl (C=O) groups is 2. The molecule has 0 bridgehead atoms. The SMILES string of the molecule is CC1OCC(=O)C1NC(=O)C1(Nc2nc(=O)oc3cccnc23)CCCC1. The van der Waals surface area contributed by atoms with Crippen molar-refractivity contribution in [2.24, 2.45) is 0 Å². The monoisotopic (exact) mass is 372 g/mol. The number of hydrogen-bond donors (Lipinski definition) is 2. The Morgan fingerprint density at radius 3 is 2.78 bits per heavy atom. The molecule has 2 fully saturated rings. The van der Waals surface area contributed by atoms with Gasteiger partial charge in [0.15, 0.2) is 17.2 Å². The maximum absolute atomic E-state index is 13.1. The van der Waals surface area contributed by atoms with Crippen LogP contribution in [-0.4, -0.2) is 45.9 Å². The summed E-state index contributed by atoms with van der Waals surface area (Å²) in [7, 11) is 0. The number of nitrogens with zero attached hydrogens (tertiary/aromatic N) is 2. The molecule has 1 amide bonds. The van der Waals surface area contributed by atoms with Crippen molar-refractivity contribution in [2.45, 2.75) is 50.3 Å². The lowest BCUT2D eigenvalue weighted by Crippen LogP contribution is -2.56. The summed E-state index contributed by atoms with van der Waals surface area (Å²) in [6, 6.07) is 2.61. The molecule has 0 radical (unpaired) electrons. The zero-order valence-corrected chi connectivity index (χ0v) is 14.9. The number of hydrogen-bond acceptors (Lipinski definition) is 8. The highest BCUT2D eigenvalue weighted by molar-refractivity contribution is 5.97. The second-order valence-electron chi connectivity index (χ2n) is 7.03. The number of nitrogens with one attached hydrogen (secondary N) is 2. The van der Waals surface area contributed by atoms with Crippen LogP contribution in [0.25, 0.3) is 11.1 Å². The first-order valence-corrected chi connectivity index (χ1v) is 8.98. The fourth-order valence-corrected chi connectivity index (χ4v) is 3.75. The van der Waals surface area contributed by atoms with E-state index in [1.165, 1.54) is 0 Å². The van der Waals surface area contributed by atoms with Gasteiger partial charge in [0, 0.05) is 6.20 Å². The molecule has 1 saturated carbocycles. The number of ether oxygens (including phenoxy) is 1. The maximum atomic E-state index is 13.1. The normalized spacial score (nSPS) is 24.3. The quantitative estimate of drug-likeness (QED) is 0.807. The summed E-state index contributed by atoms with van der Waals surface area (Å²) >= 11 is 0. The lowest BCUT2D eigenvalue weighted by atomic mass is 9.95. The van der Waals surface area contributed by atoms with Crippen LogP contribution >= 0.6 is 0 Å². The first-order chi connectivity index (χ1) is 13.0. The van der Waals surface area contributed by atoms with Crippen LogP contribution in [0.4, 0.5) is 5.82 Å². The Bertz CT molecular complexity index is 950. The number of aromatic nitrogens is 2. The number of carbonyl (C=O) groups excluding carboxylic acids is 2. The van der Waals surface area contributed by atoms with Gasteiger partial charge < -0.3 is 19.8 Å². The highest BCUT2D eigenvalue weighted by Crippen LogP contribution is 2.34. The van der Waals surface area contributed by atoms with E-state index in [1.807, 2.05) is 0 Å². The van der Waals surface area contributed by atoms with E-state index in [2.05, 4.69) is 20.6 Å². The molecule has 1 aliphatic carbocycles. The van der Waals surface area contributed by atoms with Crippen LogP contribution in [-0.2, 0) is 14.3 Å². The average molecular weight is 372 g/mol. The molecule has 2 aromatic heterocycles. The van der Waals surface area contributed by atoms with Crippen molar-refractivity contribution in [1.29, 1.82) is 0 Å². The maximum Gasteiger partial charge on any atom is 0.441 e. The Balaban J connectivity index is 1.66. The Kier molecular flexibility index (Phi) is 4.39. The van der Waals surface area contributed by atoms with Gasteiger partial charge in [-0.25, -0.2) is 9.78 Å². The molecule has 2 aromatic rings. The zero-order chi connectivity index (χ0) is 19.0. The third-order valence-electron chi connectivity index (χ3n) is 5.24. The van der Waals surface area contributed by atoms with E-state index in [0.717, 1.165) is 12.8 Å². The van der Waals surface area contributed by atoms with Crippen LogP contribution in [0.5, 0.6) is 0 Å². The van der Waals surface area contributed by atoms with E-state index in [1.54, 1.807) is 25.3 Å². The number of anilines is 1. The lowest BCUT2D eigenvalue weighted by molar-refractivity contribution is -0.129. The molecule has 0 spiro atoms. The van der Waals surface area contributed by atoms with Crippen molar-refractivity contribution in [3.8, 4) is 0 Å². The van der Waals surface area contributed by atoms with Gasteiger partial charge in [0.1, 0.15) is 23.7 Å². The van der Waals surface area contributed by atoms with Crippen LogP contribution in [0.15, 0.2) is 27.5 Å². The number of pyridine rings is 1. The summed E-state index contributed by atoms with van der Waals surface area (Å²) in [5, 5.41) is 5.96. The van der Waals surface area contributed by atoms with Crippen molar-refractivity contribution >= 4 is 28.6 Å². The van der Waals surface area contributed by atoms with Gasteiger partial charge in [-0.05, 0) is 31.9 Å². The van der Waals surface area contributed by atoms with Crippen LogP contribution in [0.3, 0.4) is 0 Å². The Labute approximate surface area is 154 Å². The van der Waals surface area contributed by atoms with Gasteiger partial charge >= 0.3 is 5.76 Å². The van der Waals surface area contributed by atoms with Gasteiger partial charge in [-0.3, -0.25) is 9.59 Å². The number of amides is 1. The summed E-state index contributed by atoms with van der Waals surface area (Å²) in [5.74, 6) is -0.995. The van der Waals surface area contributed by atoms with E-state index in [-0.39, 0.29) is 30.2 Å². The second-order valence-corrected chi connectivity index (χ2v) is 7.03. The molecule has 1 aliphatic heterocycles. The highest BCUT2D eigenvalue weighted by atomic mass is 16.5. The summed E-state index contributed by atoms with van der Waals surface area (Å²) in [4.78, 5) is 45.0. The molecule has 2 unspecified atom stereocenters. The van der Waals surface area contributed by atoms with Gasteiger partial charge in [-0.15, -0.1) is 0 Å². The van der Waals surface area contributed by atoms with E-state index in [0.29, 0.717) is 23.9 Å². The topological polar surface area (TPSA) is 123 Å². The van der Waals surface area contributed by atoms with Gasteiger partial charge in [0.25, 0.3) is 0 Å².